The molecule has 1 saturated heterocycles. The number of amides is 2. The summed E-state index contributed by atoms with van der Waals surface area (Å²) in [4.78, 5) is 50.5. The monoisotopic (exact) mass is 632 g/mol. The average molecular weight is 633 g/mol. The predicted octanol–water partition coefficient (Wildman–Crippen LogP) is 4.99. The van der Waals surface area contributed by atoms with Crippen molar-refractivity contribution < 1.29 is 42.1 Å². The zero-order chi connectivity index (χ0) is 32.7. The topological polar surface area (TPSA) is 129 Å². The lowest BCUT2D eigenvalue weighted by atomic mass is 9.85. The number of carbonyl (C=O) groups excluding carboxylic acids is 3. The molecule has 246 valence electrons. The Hall–Kier alpha value is -3.77. The lowest BCUT2D eigenvalue weighted by Gasteiger charge is -2.35. The third-order valence-electron chi connectivity index (χ3n) is 9.05. The number of ether oxygens (including phenoxy) is 4. The summed E-state index contributed by atoms with van der Waals surface area (Å²) in [6, 6.07) is 2.62. The fraction of sp³-hybridized carbons (Fsp3) is 0.656. The highest BCUT2D eigenvalue weighted by Crippen LogP contribution is 2.43. The summed E-state index contributed by atoms with van der Waals surface area (Å²) in [6.45, 7) is 7.07. The standard InChI is InChI=1S/C32H42F2N4O7/c1-7-19-23-16-38(24(19)29(40)43-6)28(39)26(31(2,3)4)37-30(41)45-22-14-17(22)10-8-9-13-32(33,34)25-27(44-23)36-21-15-18(42-5)11-12-20(21)35-25/h11-12,15,17,19,22-24,26H,7-10,13-14,16H2,1-6H3,(H,37,41). The fourth-order valence-electron chi connectivity index (χ4n) is 6.39. The van der Waals surface area contributed by atoms with Crippen molar-refractivity contribution in [3.63, 3.8) is 0 Å². The molecular formula is C32H42F2N4O7. The first-order valence-corrected chi connectivity index (χ1v) is 15.5. The molecule has 5 rings (SSSR count). The van der Waals surface area contributed by atoms with E-state index in [0.29, 0.717) is 36.9 Å². The van der Waals surface area contributed by atoms with Crippen molar-refractivity contribution in [1.82, 2.24) is 20.2 Å². The van der Waals surface area contributed by atoms with E-state index in [1.807, 2.05) is 6.92 Å². The van der Waals surface area contributed by atoms with E-state index in [2.05, 4.69) is 15.3 Å². The quantitative estimate of drug-likeness (QED) is 0.465. The first-order chi connectivity index (χ1) is 21.3. The highest BCUT2D eigenvalue weighted by molar-refractivity contribution is 5.91. The van der Waals surface area contributed by atoms with Gasteiger partial charge in [0.25, 0.3) is 5.92 Å². The number of hydrogen-bond acceptors (Lipinski definition) is 9. The van der Waals surface area contributed by atoms with E-state index in [1.165, 1.54) is 19.1 Å². The molecule has 2 fully saturated rings. The van der Waals surface area contributed by atoms with E-state index in [-0.39, 0.29) is 36.4 Å². The fourth-order valence-corrected chi connectivity index (χ4v) is 6.39. The molecule has 2 amide bonds. The van der Waals surface area contributed by atoms with Gasteiger partial charge in [-0.25, -0.2) is 19.6 Å². The molecule has 13 heteroatoms. The van der Waals surface area contributed by atoms with Gasteiger partial charge in [-0.3, -0.25) is 4.79 Å². The Balaban J connectivity index is 1.60. The van der Waals surface area contributed by atoms with Crippen molar-refractivity contribution >= 4 is 29.0 Å². The SMILES string of the molecule is CCC1C2CN(C(=O)C(C(C)(C)C)NC(=O)OC3CC3CCCCC(F)(F)c3nc4ccc(OC)cc4nc3O2)C1C(=O)OC. The molecule has 0 spiro atoms. The maximum Gasteiger partial charge on any atom is 0.408 e. The summed E-state index contributed by atoms with van der Waals surface area (Å²) in [5, 5.41) is 2.74. The van der Waals surface area contributed by atoms with Crippen LogP contribution in [0.2, 0.25) is 0 Å². The van der Waals surface area contributed by atoms with E-state index in [4.69, 9.17) is 18.9 Å². The molecule has 2 bridgehead atoms. The zero-order valence-electron chi connectivity index (χ0n) is 26.6. The highest BCUT2D eigenvalue weighted by atomic mass is 19.3. The Morgan fingerprint density at radius 1 is 1.11 bits per heavy atom. The summed E-state index contributed by atoms with van der Waals surface area (Å²) in [5.41, 5.74) is -0.809. The van der Waals surface area contributed by atoms with E-state index < -0.39 is 65.5 Å². The van der Waals surface area contributed by atoms with Gasteiger partial charge in [0.2, 0.25) is 11.8 Å². The summed E-state index contributed by atoms with van der Waals surface area (Å²) >= 11 is 0. The van der Waals surface area contributed by atoms with Gasteiger partial charge in [-0.2, -0.15) is 8.78 Å². The Kier molecular flexibility index (Phi) is 9.10. The molecular weight excluding hydrogens is 590 g/mol. The molecule has 1 aromatic carbocycles. The number of rotatable bonds is 3. The van der Waals surface area contributed by atoms with Gasteiger partial charge in [0.1, 0.15) is 30.0 Å². The maximum atomic E-state index is 16.0. The first-order valence-electron chi connectivity index (χ1n) is 15.5. The van der Waals surface area contributed by atoms with Crippen LogP contribution in [-0.2, 0) is 25.0 Å². The predicted molar refractivity (Wildman–Crippen MR) is 159 cm³/mol. The molecule has 1 aliphatic carbocycles. The molecule has 3 heterocycles. The zero-order valence-corrected chi connectivity index (χ0v) is 26.6. The maximum absolute atomic E-state index is 16.0. The highest BCUT2D eigenvalue weighted by Gasteiger charge is 2.53. The van der Waals surface area contributed by atoms with Crippen molar-refractivity contribution in [1.29, 1.82) is 0 Å². The molecule has 6 atom stereocenters. The second kappa shape index (κ2) is 12.6. The minimum atomic E-state index is -3.38. The Morgan fingerprint density at radius 2 is 1.87 bits per heavy atom. The van der Waals surface area contributed by atoms with Crippen LogP contribution in [0.15, 0.2) is 18.2 Å². The Labute approximate surface area is 261 Å². The number of halogens is 2. The third-order valence-corrected chi connectivity index (χ3v) is 9.05. The largest absolute Gasteiger partial charge is 0.497 e. The smallest absolute Gasteiger partial charge is 0.408 e. The van der Waals surface area contributed by atoms with Gasteiger partial charge in [-0.05, 0) is 49.1 Å². The summed E-state index contributed by atoms with van der Waals surface area (Å²) in [7, 11) is 2.71. The van der Waals surface area contributed by atoms with Crippen molar-refractivity contribution in [3.8, 4) is 11.6 Å². The molecule has 0 radical (unpaired) electrons. The minimum absolute atomic E-state index is 0.0646. The van der Waals surface area contributed by atoms with Gasteiger partial charge in [0.05, 0.1) is 31.8 Å². The van der Waals surface area contributed by atoms with Gasteiger partial charge >= 0.3 is 12.1 Å². The number of alkyl carbamates (subject to hydrolysis) is 1. The van der Waals surface area contributed by atoms with Gasteiger partial charge in [-0.1, -0.05) is 34.1 Å². The van der Waals surface area contributed by atoms with Crippen molar-refractivity contribution in [2.45, 2.75) is 96.4 Å². The molecule has 11 nitrogen and oxygen atoms in total. The number of carbonyl (C=O) groups is 3. The number of fused-ring (bicyclic) bond motifs is 5. The number of nitrogens with one attached hydrogen (secondary N) is 1. The number of alkyl halides is 2. The van der Waals surface area contributed by atoms with Crippen molar-refractivity contribution in [3.05, 3.63) is 23.9 Å². The van der Waals surface area contributed by atoms with Gasteiger partial charge in [0, 0.05) is 18.4 Å². The van der Waals surface area contributed by atoms with Crippen LogP contribution in [0.4, 0.5) is 13.6 Å². The van der Waals surface area contributed by atoms with Gasteiger partial charge in [-0.15, -0.1) is 0 Å². The third kappa shape index (κ3) is 6.76. The lowest BCUT2D eigenvalue weighted by molar-refractivity contribution is -0.154. The van der Waals surface area contributed by atoms with E-state index in [0.717, 1.165) is 0 Å². The average Bonchev–Trinajstić information content (AvgIpc) is 3.62. The van der Waals surface area contributed by atoms with Crippen LogP contribution in [0.3, 0.4) is 0 Å². The first kappa shape index (κ1) is 32.6. The van der Waals surface area contributed by atoms with Crippen LogP contribution in [0, 0.1) is 17.3 Å². The molecule has 1 aromatic heterocycles. The van der Waals surface area contributed by atoms with Crippen molar-refractivity contribution in [2.75, 3.05) is 20.8 Å². The Bertz CT molecular complexity index is 1450. The minimum Gasteiger partial charge on any atom is -0.497 e. The normalized spacial score (nSPS) is 28.8. The summed E-state index contributed by atoms with van der Waals surface area (Å²) in [6.07, 6.45) is -0.136. The van der Waals surface area contributed by atoms with E-state index >= 15 is 8.78 Å². The van der Waals surface area contributed by atoms with Crippen LogP contribution >= 0.6 is 0 Å². The molecule has 3 aliphatic rings. The van der Waals surface area contributed by atoms with Crippen LogP contribution in [0.5, 0.6) is 11.6 Å². The van der Waals surface area contributed by atoms with E-state index in [1.54, 1.807) is 39.0 Å². The molecule has 1 N–H and O–H groups in total. The number of nitrogens with zero attached hydrogens (tertiary/aromatic N) is 3. The van der Waals surface area contributed by atoms with Crippen LogP contribution in [-0.4, -0.2) is 77.9 Å². The van der Waals surface area contributed by atoms with Crippen LogP contribution in [0.25, 0.3) is 11.0 Å². The second-order valence-electron chi connectivity index (χ2n) is 13.3. The number of benzene rings is 1. The number of aromatic nitrogens is 2. The van der Waals surface area contributed by atoms with Gasteiger partial charge in [0.15, 0.2) is 5.69 Å². The van der Waals surface area contributed by atoms with Crippen molar-refractivity contribution in [2.24, 2.45) is 17.3 Å². The summed E-state index contributed by atoms with van der Waals surface area (Å²) in [5.74, 6) is -5.05. The summed E-state index contributed by atoms with van der Waals surface area (Å²) < 4.78 is 54.2. The lowest BCUT2D eigenvalue weighted by Crippen LogP contribution is -2.57. The van der Waals surface area contributed by atoms with E-state index in [9.17, 15) is 14.4 Å². The van der Waals surface area contributed by atoms with Gasteiger partial charge < -0.3 is 29.2 Å². The van der Waals surface area contributed by atoms with Crippen LogP contribution in [0.1, 0.15) is 71.9 Å². The van der Waals surface area contributed by atoms with Crippen LogP contribution < -0.4 is 14.8 Å². The second-order valence-corrected chi connectivity index (χ2v) is 13.3. The Morgan fingerprint density at radius 3 is 2.53 bits per heavy atom. The number of esters is 1. The number of methoxy groups -OCH3 is 2. The molecule has 6 unspecified atom stereocenters. The number of hydrogen-bond donors (Lipinski definition) is 1. The molecule has 2 aromatic rings. The molecule has 45 heavy (non-hydrogen) atoms. The molecule has 1 saturated carbocycles. The molecule has 2 aliphatic heterocycles.